The van der Waals surface area contributed by atoms with Gasteiger partial charge in [-0.1, -0.05) is 23.5 Å². The van der Waals surface area contributed by atoms with Crippen LogP contribution in [0.1, 0.15) is 34.8 Å². The predicted octanol–water partition coefficient (Wildman–Crippen LogP) is 2.16. The molecule has 3 rings (SSSR count). The number of hydrogen-bond acceptors (Lipinski definition) is 4. The van der Waals surface area contributed by atoms with Gasteiger partial charge in [-0.3, -0.25) is 9.59 Å². The molecule has 0 atom stereocenters. The smallest absolute Gasteiger partial charge is 0.305 e. The molecule has 0 saturated carbocycles. The molecule has 2 N–H and O–H groups in total. The molecule has 6 heteroatoms. The Balaban J connectivity index is 1.63. The molecule has 0 aliphatic carbocycles. The number of benzene rings is 1. The van der Waals surface area contributed by atoms with Gasteiger partial charge in [-0.2, -0.15) is 0 Å². The van der Waals surface area contributed by atoms with Gasteiger partial charge in [-0.05, 0) is 36.5 Å². The van der Waals surface area contributed by atoms with Crippen LogP contribution in [-0.4, -0.2) is 34.0 Å². The Labute approximate surface area is 125 Å². The number of H-pyrrole nitrogens is 1. The highest BCUT2D eigenvalue weighted by Crippen LogP contribution is 2.29. The normalized spacial score (nSPS) is 16.1. The van der Waals surface area contributed by atoms with Crippen LogP contribution in [0.4, 0.5) is 0 Å². The van der Waals surface area contributed by atoms with E-state index >= 15 is 0 Å². The lowest BCUT2D eigenvalue weighted by atomic mass is 9.89. The Hall–Kier alpha value is -2.08. The van der Waals surface area contributed by atoms with Gasteiger partial charge in [-0.25, -0.2) is 0 Å². The maximum absolute atomic E-state index is 12.2. The number of aromatic nitrogens is 1. The highest BCUT2D eigenvalue weighted by Gasteiger charge is 2.25. The summed E-state index contributed by atoms with van der Waals surface area (Å²) in [7, 11) is 0. The highest BCUT2D eigenvalue weighted by atomic mass is 32.1. The third-order valence-electron chi connectivity index (χ3n) is 3.90. The van der Waals surface area contributed by atoms with Crippen molar-refractivity contribution in [3.8, 4) is 5.75 Å². The fraction of sp³-hybridized carbons (Fsp3) is 0.333. The van der Waals surface area contributed by atoms with Crippen molar-refractivity contribution in [1.29, 1.82) is 0 Å². The number of nitrogens with one attached hydrogen (secondary N) is 1. The van der Waals surface area contributed by atoms with Crippen LogP contribution in [0.3, 0.4) is 0 Å². The minimum Gasteiger partial charge on any atom is -0.508 e. The Bertz CT molecular complexity index is 681. The molecular weight excluding hydrogens is 288 g/mol. The Morgan fingerprint density at radius 2 is 1.90 bits per heavy atom. The third-order valence-corrected chi connectivity index (χ3v) is 4.57. The second-order valence-corrected chi connectivity index (χ2v) is 6.06. The second kappa shape index (κ2) is 5.73. The third kappa shape index (κ3) is 3.00. The number of aromatic amines is 1. The van der Waals surface area contributed by atoms with Crippen molar-refractivity contribution in [2.75, 3.05) is 13.1 Å². The summed E-state index contributed by atoms with van der Waals surface area (Å²) in [5.74, 6) is 0.585. The first-order chi connectivity index (χ1) is 10.1. The number of thiazole rings is 1. The molecule has 5 nitrogen and oxygen atoms in total. The minimum absolute atomic E-state index is 0.0995. The van der Waals surface area contributed by atoms with Gasteiger partial charge in [0.25, 0.3) is 5.91 Å². The SMILES string of the molecule is O=C(c1csc(=O)[nH]1)N1CCC(c2ccc(O)cc2)CC1. The summed E-state index contributed by atoms with van der Waals surface area (Å²) in [6, 6.07) is 7.27. The lowest BCUT2D eigenvalue weighted by Gasteiger charge is -2.32. The van der Waals surface area contributed by atoms with E-state index in [1.807, 2.05) is 12.1 Å². The zero-order valence-corrected chi connectivity index (χ0v) is 12.2. The lowest BCUT2D eigenvalue weighted by molar-refractivity contribution is 0.0707. The van der Waals surface area contributed by atoms with E-state index in [4.69, 9.17) is 0 Å². The first-order valence-electron chi connectivity index (χ1n) is 6.89. The van der Waals surface area contributed by atoms with Gasteiger partial charge in [0.1, 0.15) is 11.4 Å². The number of amides is 1. The summed E-state index contributed by atoms with van der Waals surface area (Å²) in [5, 5.41) is 10.9. The van der Waals surface area contributed by atoms with Crippen LogP contribution in [0.5, 0.6) is 5.75 Å². The number of carbonyl (C=O) groups excluding carboxylic acids is 1. The summed E-state index contributed by atoms with van der Waals surface area (Å²) in [5.41, 5.74) is 1.58. The average molecular weight is 304 g/mol. The summed E-state index contributed by atoms with van der Waals surface area (Å²) in [4.78, 5) is 27.5. The van der Waals surface area contributed by atoms with Gasteiger partial charge < -0.3 is 15.0 Å². The molecule has 1 aromatic heterocycles. The van der Waals surface area contributed by atoms with Crippen LogP contribution < -0.4 is 4.87 Å². The number of phenolic OH excluding ortho intramolecular Hbond substituents is 1. The standard InChI is InChI=1S/C15H16N2O3S/c18-12-3-1-10(2-4-12)11-5-7-17(8-6-11)14(19)13-9-21-15(20)16-13/h1-4,9,11,18H,5-8H2,(H,16,20). The first-order valence-corrected chi connectivity index (χ1v) is 7.77. The van der Waals surface area contributed by atoms with Gasteiger partial charge in [0, 0.05) is 18.5 Å². The van der Waals surface area contributed by atoms with Crippen LogP contribution in [-0.2, 0) is 0 Å². The van der Waals surface area contributed by atoms with Crippen LogP contribution in [0.15, 0.2) is 34.4 Å². The number of rotatable bonds is 2. The fourth-order valence-corrected chi connectivity index (χ4v) is 3.27. The number of nitrogens with zero attached hydrogens (tertiary/aromatic N) is 1. The molecule has 2 aromatic rings. The second-order valence-electron chi connectivity index (χ2n) is 5.22. The molecule has 1 amide bonds. The van der Waals surface area contributed by atoms with Gasteiger partial charge >= 0.3 is 4.87 Å². The summed E-state index contributed by atoms with van der Waals surface area (Å²) < 4.78 is 0. The zero-order valence-electron chi connectivity index (χ0n) is 11.4. The number of carbonyl (C=O) groups is 1. The maximum Gasteiger partial charge on any atom is 0.305 e. The van der Waals surface area contributed by atoms with E-state index in [2.05, 4.69) is 4.98 Å². The predicted molar refractivity (Wildman–Crippen MR) is 80.9 cm³/mol. The van der Waals surface area contributed by atoms with Crippen molar-refractivity contribution in [1.82, 2.24) is 9.88 Å². The van der Waals surface area contributed by atoms with Gasteiger partial charge in [0.05, 0.1) is 0 Å². The molecule has 1 fully saturated rings. The Morgan fingerprint density at radius 1 is 1.24 bits per heavy atom. The largest absolute Gasteiger partial charge is 0.508 e. The number of piperidine rings is 1. The quantitative estimate of drug-likeness (QED) is 0.893. The van der Waals surface area contributed by atoms with E-state index in [0.717, 1.165) is 24.2 Å². The van der Waals surface area contributed by atoms with Crippen LogP contribution >= 0.6 is 11.3 Å². The number of likely N-dealkylation sites (tertiary alicyclic amines) is 1. The maximum atomic E-state index is 12.2. The molecule has 1 aliphatic heterocycles. The van der Waals surface area contributed by atoms with Crippen molar-refractivity contribution < 1.29 is 9.90 Å². The summed E-state index contributed by atoms with van der Waals surface area (Å²) in [6.07, 6.45) is 1.79. The Kier molecular flexibility index (Phi) is 3.79. The van der Waals surface area contributed by atoms with Crippen molar-refractivity contribution in [3.05, 3.63) is 50.6 Å². The first kappa shape index (κ1) is 13.9. The minimum atomic E-state index is -0.197. The fourth-order valence-electron chi connectivity index (χ4n) is 2.72. The van der Waals surface area contributed by atoms with E-state index in [0.29, 0.717) is 24.7 Å². The van der Waals surface area contributed by atoms with E-state index in [1.165, 1.54) is 5.56 Å². The van der Waals surface area contributed by atoms with Crippen LogP contribution in [0.25, 0.3) is 0 Å². The van der Waals surface area contributed by atoms with E-state index in [9.17, 15) is 14.7 Å². The molecule has 1 saturated heterocycles. The number of phenols is 1. The van der Waals surface area contributed by atoms with Crippen molar-refractivity contribution in [2.24, 2.45) is 0 Å². The molecule has 2 heterocycles. The molecule has 110 valence electrons. The number of aromatic hydroxyl groups is 1. The molecule has 0 bridgehead atoms. The zero-order chi connectivity index (χ0) is 14.8. The molecule has 1 aliphatic rings. The van der Waals surface area contributed by atoms with E-state index < -0.39 is 0 Å². The Morgan fingerprint density at radius 3 is 2.48 bits per heavy atom. The molecule has 0 radical (unpaired) electrons. The van der Waals surface area contributed by atoms with Crippen molar-refractivity contribution in [3.63, 3.8) is 0 Å². The molecular formula is C15H16N2O3S. The molecule has 0 spiro atoms. The average Bonchev–Trinajstić information content (AvgIpc) is 2.94. The van der Waals surface area contributed by atoms with Crippen LogP contribution in [0.2, 0.25) is 0 Å². The summed E-state index contributed by atoms with van der Waals surface area (Å²) >= 11 is 1.01. The monoisotopic (exact) mass is 304 g/mol. The van der Waals surface area contributed by atoms with Gasteiger partial charge in [0.15, 0.2) is 0 Å². The molecule has 21 heavy (non-hydrogen) atoms. The molecule has 0 unspecified atom stereocenters. The highest BCUT2D eigenvalue weighted by molar-refractivity contribution is 7.07. The van der Waals surface area contributed by atoms with Crippen LogP contribution in [0, 0.1) is 0 Å². The molecule has 1 aromatic carbocycles. The topological polar surface area (TPSA) is 73.4 Å². The van der Waals surface area contributed by atoms with Gasteiger partial charge in [0.2, 0.25) is 0 Å². The van der Waals surface area contributed by atoms with Crippen molar-refractivity contribution in [2.45, 2.75) is 18.8 Å². The van der Waals surface area contributed by atoms with Crippen molar-refractivity contribution >= 4 is 17.2 Å². The lowest BCUT2D eigenvalue weighted by Crippen LogP contribution is -2.38. The van der Waals surface area contributed by atoms with Gasteiger partial charge in [-0.15, -0.1) is 0 Å². The van der Waals surface area contributed by atoms with E-state index in [-0.39, 0.29) is 16.5 Å². The van der Waals surface area contributed by atoms with E-state index in [1.54, 1.807) is 22.4 Å². The number of hydrogen-bond donors (Lipinski definition) is 2. The summed E-state index contributed by atoms with van der Waals surface area (Å²) in [6.45, 7) is 1.37.